The van der Waals surface area contributed by atoms with Crippen molar-refractivity contribution in [3.8, 4) is 0 Å². The van der Waals surface area contributed by atoms with Crippen LogP contribution >= 0.6 is 0 Å². The molecule has 2 atom stereocenters. The molecule has 0 amide bonds. The topological polar surface area (TPSA) is 89.9 Å². The standard InChI is InChI=1S/C16H17N5O/c17-14-13-15(19-9-18-14)21(10-20-13)7-12-6-16(12,8-22)11-4-2-1-3-5-11/h1-5,9-10,12,22H,6-8H2,(H2,17,18,19). The van der Waals surface area contributed by atoms with Crippen LogP contribution in [0.15, 0.2) is 43.0 Å². The summed E-state index contributed by atoms with van der Waals surface area (Å²) in [5.41, 5.74) is 8.26. The first-order valence-electron chi connectivity index (χ1n) is 7.32. The van der Waals surface area contributed by atoms with Gasteiger partial charge in [-0.25, -0.2) is 15.0 Å². The minimum Gasteiger partial charge on any atom is -0.395 e. The van der Waals surface area contributed by atoms with E-state index in [1.54, 1.807) is 6.33 Å². The van der Waals surface area contributed by atoms with E-state index in [0.717, 1.165) is 18.6 Å². The van der Waals surface area contributed by atoms with Gasteiger partial charge in [-0.2, -0.15) is 0 Å². The number of aliphatic hydroxyl groups excluding tert-OH is 1. The van der Waals surface area contributed by atoms with Gasteiger partial charge in [-0.05, 0) is 17.9 Å². The Balaban J connectivity index is 1.63. The Morgan fingerprint density at radius 3 is 2.82 bits per heavy atom. The van der Waals surface area contributed by atoms with Gasteiger partial charge in [-0.1, -0.05) is 30.3 Å². The summed E-state index contributed by atoms with van der Waals surface area (Å²) in [5.74, 6) is 0.768. The maximum absolute atomic E-state index is 9.90. The van der Waals surface area contributed by atoms with E-state index in [0.29, 0.717) is 17.3 Å². The smallest absolute Gasteiger partial charge is 0.165 e. The number of hydrogen-bond donors (Lipinski definition) is 2. The third-order valence-corrected chi connectivity index (χ3v) is 4.71. The lowest BCUT2D eigenvalue weighted by molar-refractivity contribution is 0.242. The summed E-state index contributed by atoms with van der Waals surface area (Å²) in [6.07, 6.45) is 4.17. The van der Waals surface area contributed by atoms with Crippen LogP contribution in [0.2, 0.25) is 0 Å². The Bertz CT molecular complexity index is 816. The van der Waals surface area contributed by atoms with Gasteiger partial charge in [0.15, 0.2) is 11.5 Å². The molecule has 6 nitrogen and oxygen atoms in total. The molecule has 1 aliphatic carbocycles. The van der Waals surface area contributed by atoms with E-state index in [-0.39, 0.29) is 12.0 Å². The number of benzene rings is 1. The number of nitrogen functional groups attached to an aromatic ring is 1. The van der Waals surface area contributed by atoms with E-state index in [2.05, 4.69) is 27.1 Å². The number of aliphatic hydroxyl groups is 1. The molecule has 6 heteroatoms. The predicted octanol–water partition coefficient (Wildman–Crippen LogP) is 1.36. The maximum atomic E-state index is 9.90. The van der Waals surface area contributed by atoms with E-state index >= 15 is 0 Å². The fraction of sp³-hybridized carbons (Fsp3) is 0.312. The minimum absolute atomic E-state index is 0.142. The monoisotopic (exact) mass is 295 g/mol. The molecule has 3 aromatic rings. The molecule has 2 aromatic heterocycles. The van der Waals surface area contributed by atoms with Crippen LogP contribution in [0.3, 0.4) is 0 Å². The summed E-state index contributed by atoms with van der Waals surface area (Å²) in [5, 5.41) is 9.90. The van der Waals surface area contributed by atoms with E-state index < -0.39 is 0 Å². The van der Waals surface area contributed by atoms with Crippen molar-refractivity contribution in [1.29, 1.82) is 0 Å². The van der Waals surface area contributed by atoms with Gasteiger partial charge >= 0.3 is 0 Å². The Kier molecular flexibility index (Phi) is 2.87. The molecule has 0 bridgehead atoms. The highest BCUT2D eigenvalue weighted by Crippen LogP contribution is 2.54. The van der Waals surface area contributed by atoms with Crippen molar-refractivity contribution in [1.82, 2.24) is 19.5 Å². The number of fused-ring (bicyclic) bond motifs is 1. The van der Waals surface area contributed by atoms with Crippen LogP contribution in [0.25, 0.3) is 11.2 Å². The fourth-order valence-electron chi connectivity index (χ4n) is 3.30. The number of imidazole rings is 1. The second-order valence-electron chi connectivity index (χ2n) is 5.91. The molecule has 22 heavy (non-hydrogen) atoms. The molecular weight excluding hydrogens is 278 g/mol. The lowest BCUT2D eigenvalue weighted by Gasteiger charge is -2.15. The normalized spacial score (nSPS) is 23.8. The second kappa shape index (κ2) is 4.78. The second-order valence-corrected chi connectivity index (χ2v) is 5.91. The molecule has 0 aliphatic heterocycles. The zero-order valence-corrected chi connectivity index (χ0v) is 12.1. The highest BCUT2D eigenvalue weighted by atomic mass is 16.3. The summed E-state index contributed by atoms with van der Waals surface area (Å²) in [7, 11) is 0. The molecule has 0 saturated heterocycles. The first kappa shape index (κ1) is 13.2. The molecule has 0 radical (unpaired) electrons. The third-order valence-electron chi connectivity index (χ3n) is 4.71. The van der Waals surface area contributed by atoms with Gasteiger partial charge in [0.05, 0.1) is 12.9 Å². The average molecular weight is 295 g/mol. The van der Waals surface area contributed by atoms with Crippen LogP contribution in [-0.4, -0.2) is 31.2 Å². The van der Waals surface area contributed by atoms with Crippen LogP contribution < -0.4 is 5.73 Å². The fourth-order valence-corrected chi connectivity index (χ4v) is 3.30. The lowest BCUT2D eigenvalue weighted by Crippen LogP contribution is -2.17. The first-order valence-corrected chi connectivity index (χ1v) is 7.32. The number of nitrogens with zero attached hydrogens (tertiary/aromatic N) is 4. The van der Waals surface area contributed by atoms with Crippen LogP contribution in [0.5, 0.6) is 0 Å². The Hall–Kier alpha value is -2.47. The predicted molar refractivity (Wildman–Crippen MR) is 83.0 cm³/mol. The molecule has 1 aliphatic rings. The van der Waals surface area contributed by atoms with Crippen molar-refractivity contribution in [3.05, 3.63) is 48.5 Å². The van der Waals surface area contributed by atoms with Gasteiger partial charge < -0.3 is 15.4 Å². The summed E-state index contributed by atoms with van der Waals surface area (Å²) >= 11 is 0. The average Bonchev–Trinajstić information content (AvgIpc) is 3.12. The third kappa shape index (κ3) is 1.88. The summed E-state index contributed by atoms with van der Waals surface area (Å²) in [4.78, 5) is 12.5. The lowest BCUT2D eigenvalue weighted by atomic mass is 9.94. The minimum atomic E-state index is -0.142. The molecule has 112 valence electrons. The summed E-state index contributed by atoms with van der Waals surface area (Å²) in [6.45, 7) is 0.924. The van der Waals surface area contributed by atoms with E-state index in [9.17, 15) is 5.11 Å². The van der Waals surface area contributed by atoms with E-state index in [1.165, 1.54) is 11.9 Å². The van der Waals surface area contributed by atoms with E-state index in [4.69, 9.17) is 5.73 Å². The first-order chi connectivity index (χ1) is 10.7. The zero-order valence-electron chi connectivity index (χ0n) is 12.1. The van der Waals surface area contributed by atoms with Gasteiger partial charge in [0.1, 0.15) is 11.8 Å². The van der Waals surface area contributed by atoms with Crippen LogP contribution in [0.1, 0.15) is 12.0 Å². The molecule has 3 N–H and O–H groups in total. The molecule has 1 aromatic carbocycles. The highest BCUT2D eigenvalue weighted by Gasteiger charge is 2.54. The molecule has 4 rings (SSSR count). The van der Waals surface area contributed by atoms with Gasteiger partial charge in [-0.3, -0.25) is 0 Å². The van der Waals surface area contributed by atoms with Crippen molar-refractivity contribution >= 4 is 17.0 Å². The van der Waals surface area contributed by atoms with Crippen molar-refractivity contribution in [3.63, 3.8) is 0 Å². The number of aromatic nitrogens is 4. The van der Waals surface area contributed by atoms with Gasteiger partial charge in [0.2, 0.25) is 0 Å². The van der Waals surface area contributed by atoms with Gasteiger partial charge in [0, 0.05) is 12.0 Å². The van der Waals surface area contributed by atoms with E-state index in [1.807, 2.05) is 22.8 Å². The van der Waals surface area contributed by atoms with Crippen molar-refractivity contribution in [2.45, 2.75) is 18.4 Å². The Labute approximate surface area is 127 Å². The molecule has 2 heterocycles. The molecule has 0 spiro atoms. The van der Waals surface area contributed by atoms with Crippen LogP contribution in [0.4, 0.5) is 5.82 Å². The number of nitrogens with two attached hydrogens (primary N) is 1. The molecule has 1 fully saturated rings. The number of hydrogen-bond acceptors (Lipinski definition) is 5. The zero-order chi connectivity index (χ0) is 15.2. The summed E-state index contributed by atoms with van der Waals surface area (Å²) in [6, 6.07) is 10.2. The molecule has 2 unspecified atom stereocenters. The SMILES string of the molecule is Nc1ncnc2c1ncn2CC1CC1(CO)c1ccccc1. The molecule has 1 saturated carbocycles. The maximum Gasteiger partial charge on any atom is 0.165 e. The van der Waals surface area contributed by atoms with Crippen molar-refractivity contribution < 1.29 is 5.11 Å². The largest absolute Gasteiger partial charge is 0.395 e. The van der Waals surface area contributed by atoms with Gasteiger partial charge in [-0.15, -0.1) is 0 Å². The number of rotatable bonds is 4. The van der Waals surface area contributed by atoms with Crippen molar-refractivity contribution in [2.24, 2.45) is 5.92 Å². The van der Waals surface area contributed by atoms with Gasteiger partial charge in [0.25, 0.3) is 0 Å². The number of anilines is 1. The van der Waals surface area contributed by atoms with Crippen LogP contribution in [0, 0.1) is 5.92 Å². The van der Waals surface area contributed by atoms with Crippen LogP contribution in [-0.2, 0) is 12.0 Å². The highest BCUT2D eigenvalue weighted by molar-refractivity contribution is 5.81. The Morgan fingerprint density at radius 1 is 1.23 bits per heavy atom. The quantitative estimate of drug-likeness (QED) is 0.758. The summed E-state index contributed by atoms with van der Waals surface area (Å²) < 4.78 is 2.00. The Morgan fingerprint density at radius 2 is 2.05 bits per heavy atom. The molecular formula is C16H17N5O. The van der Waals surface area contributed by atoms with Crippen molar-refractivity contribution in [2.75, 3.05) is 12.3 Å².